The molecule has 0 radical (unpaired) electrons. The topological polar surface area (TPSA) is 26.7 Å². The van der Waals surface area contributed by atoms with Crippen LogP contribution in [0.1, 0.15) is 5.56 Å². The van der Waals surface area contributed by atoms with Crippen molar-refractivity contribution in [3.05, 3.63) is 28.8 Å². The molecule has 1 aliphatic heterocycles. The van der Waals surface area contributed by atoms with Crippen LogP contribution in [0.3, 0.4) is 0 Å². The van der Waals surface area contributed by atoms with E-state index >= 15 is 0 Å². The summed E-state index contributed by atoms with van der Waals surface area (Å²) in [6, 6.07) is 5.02. The Bertz CT molecular complexity index is 459. The summed E-state index contributed by atoms with van der Waals surface area (Å²) in [5.41, 5.74) is 0.788. The van der Waals surface area contributed by atoms with Gasteiger partial charge in [-0.25, -0.2) is 0 Å². The average Bonchev–Trinajstić information content (AvgIpc) is 2.35. The van der Waals surface area contributed by atoms with Crippen LogP contribution in [0, 0.1) is 0 Å². The fraction of sp³-hybridized carbons (Fsp3) is 0.538. The number of alkyl halides is 3. The number of hydrogen-bond acceptors (Lipinski definition) is 3. The van der Waals surface area contributed by atoms with Gasteiger partial charge in [0.15, 0.2) is 0 Å². The van der Waals surface area contributed by atoms with E-state index in [2.05, 4.69) is 0 Å². The summed E-state index contributed by atoms with van der Waals surface area (Å²) in [6.45, 7) is 1.57. The third-order valence-corrected chi connectivity index (χ3v) is 3.76. The highest BCUT2D eigenvalue weighted by Crippen LogP contribution is 2.28. The van der Waals surface area contributed by atoms with Gasteiger partial charge in [0.05, 0.1) is 11.6 Å². The van der Waals surface area contributed by atoms with Gasteiger partial charge in [0, 0.05) is 32.7 Å². The zero-order valence-corrected chi connectivity index (χ0v) is 11.6. The molecular weight excluding hydrogens is 293 g/mol. The van der Waals surface area contributed by atoms with Crippen LogP contribution in [0.15, 0.2) is 18.2 Å². The molecule has 1 aromatic rings. The molecule has 0 aliphatic carbocycles. The lowest BCUT2D eigenvalue weighted by Gasteiger charge is -2.35. The van der Waals surface area contributed by atoms with E-state index in [1.54, 1.807) is 6.07 Å². The van der Waals surface area contributed by atoms with E-state index in [-0.39, 0.29) is 5.75 Å². The molecular formula is C13H16ClF3N2O. The molecule has 0 atom stereocenters. The van der Waals surface area contributed by atoms with Crippen LogP contribution in [0.25, 0.3) is 0 Å². The monoisotopic (exact) mass is 308 g/mol. The molecule has 112 valence electrons. The van der Waals surface area contributed by atoms with Gasteiger partial charge < -0.3 is 5.11 Å². The fourth-order valence-corrected chi connectivity index (χ4v) is 2.47. The number of aromatic hydroxyl groups is 1. The Hall–Kier alpha value is -0.980. The van der Waals surface area contributed by atoms with Crippen molar-refractivity contribution in [1.29, 1.82) is 0 Å². The molecule has 0 saturated carbocycles. The smallest absolute Gasteiger partial charge is 0.401 e. The number of rotatable bonds is 3. The Kier molecular flexibility index (Phi) is 4.78. The van der Waals surface area contributed by atoms with Gasteiger partial charge in [-0.05, 0) is 11.6 Å². The number of phenolic OH excluding ortho intramolecular Hbond substituents is 1. The number of hydrogen-bond donors (Lipinski definition) is 1. The van der Waals surface area contributed by atoms with Gasteiger partial charge in [0.1, 0.15) is 5.75 Å². The van der Waals surface area contributed by atoms with Crippen molar-refractivity contribution in [1.82, 2.24) is 9.80 Å². The van der Waals surface area contributed by atoms with Gasteiger partial charge in [-0.1, -0.05) is 23.7 Å². The van der Waals surface area contributed by atoms with Crippen LogP contribution in [-0.2, 0) is 6.54 Å². The third kappa shape index (κ3) is 4.26. The van der Waals surface area contributed by atoms with E-state index in [0.717, 1.165) is 5.56 Å². The minimum absolute atomic E-state index is 0.0277. The summed E-state index contributed by atoms with van der Waals surface area (Å²) >= 11 is 5.99. The van der Waals surface area contributed by atoms with Gasteiger partial charge in [-0.15, -0.1) is 0 Å². The molecule has 1 saturated heterocycles. The van der Waals surface area contributed by atoms with Gasteiger partial charge in [-0.3, -0.25) is 9.80 Å². The average molecular weight is 309 g/mol. The van der Waals surface area contributed by atoms with Crippen LogP contribution < -0.4 is 0 Å². The standard InChI is InChI=1S/C13H16ClF3N2O/c14-12-10(2-1-3-11(12)20)8-18-4-6-19(7-5-18)9-13(15,16)17/h1-3,20H,4-9H2. The lowest BCUT2D eigenvalue weighted by molar-refractivity contribution is -0.149. The molecule has 1 aliphatic rings. The first-order valence-corrected chi connectivity index (χ1v) is 6.71. The first-order valence-electron chi connectivity index (χ1n) is 6.33. The van der Waals surface area contributed by atoms with Crippen molar-refractivity contribution in [2.75, 3.05) is 32.7 Å². The number of piperazine rings is 1. The number of phenols is 1. The van der Waals surface area contributed by atoms with E-state index in [4.69, 9.17) is 11.6 Å². The summed E-state index contributed by atoms with van der Waals surface area (Å²) < 4.78 is 36.8. The summed E-state index contributed by atoms with van der Waals surface area (Å²) in [6.07, 6.45) is -4.14. The fourth-order valence-electron chi connectivity index (χ4n) is 2.29. The Morgan fingerprint density at radius 3 is 2.30 bits per heavy atom. The van der Waals surface area contributed by atoms with E-state index in [0.29, 0.717) is 37.7 Å². The minimum atomic E-state index is -4.14. The molecule has 0 amide bonds. The molecule has 0 aromatic heterocycles. The largest absolute Gasteiger partial charge is 0.506 e. The molecule has 0 unspecified atom stereocenters. The SMILES string of the molecule is Oc1cccc(CN2CCN(CC(F)(F)F)CC2)c1Cl. The van der Waals surface area contributed by atoms with E-state index in [9.17, 15) is 18.3 Å². The molecule has 1 aromatic carbocycles. The van der Waals surface area contributed by atoms with Gasteiger partial charge in [0.2, 0.25) is 0 Å². The van der Waals surface area contributed by atoms with Crippen molar-refractivity contribution in [2.45, 2.75) is 12.7 Å². The Morgan fingerprint density at radius 1 is 1.10 bits per heavy atom. The second kappa shape index (κ2) is 6.20. The molecule has 0 bridgehead atoms. The van der Waals surface area contributed by atoms with Gasteiger partial charge in [-0.2, -0.15) is 13.2 Å². The first-order chi connectivity index (χ1) is 9.35. The summed E-state index contributed by atoms with van der Waals surface area (Å²) in [4.78, 5) is 3.44. The molecule has 1 N–H and O–H groups in total. The highest BCUT2D eigenvalue weighted by molar-refractivity contribution is 6.32. The lowest BCUT2D eigenvalue weighted by atomic mass is 10.2. The van der Waals surface area contributed by atoms with E-state index in [1.165, 1.54) is 11.0 Å². The normalized spacial score (nSPS) is 18.4. The predicted octanol–water partition coefficient (Wildman–Crippen LogP) is 2.73. The van der Waals surface area contributed by atoms with Crippen LogP contribution in [0.4, 0.5) is 13.2 Å². The van der Waals surface area contributed by atoms with E-state index < -0.39 is 12.7 Å². The maximum atomic E-state index is 12.3. The Labute approximate surface area is 120 Å². The summed E-state index contributed by atoms with van der Waals surface area (Å²) in [5, 5.41) is 9.83. The lowest BCUT2D eigenvalue weighted by Crippen LogP contribution is -2.48. The van der Waals surface area contributed by atoms with Crippen LogP contribution in [-0.4, -0.2) is 53.8 Å². The van der Waals surface area contributed by atoms with Gasteiger partial charge >= 0.3 is 6.18 Å². The third-order valence-electron chi connectivity index (χ3n) is 3.32. The maximum Gasteiger partial charge on any atom is 0.401 e. The molecule has 0 spiro atoms. The first kappa shape index (κ1) is 15.4. The summed E-state index contributed by atoms with van der Waals surface area (Å²) in [7, 11) is 0. The van der Waals surface area contributed by atoms with Crippen LogP contribution in [0.5, 0.6) is 5.75 Å². The highest BCUT2D eigenvalue weighted by Gasteiger charge is 2.32. The van der Waals surface area contributed by atoms with Crippen molar-refractivity contribution in [2.24, 2.45) is 0 Å². The quantitative estimate of drug-likeness (QED) is 0.930. The van der Waals surface area contributed by atoms with Gasteiger partial charge in [0.25, 0.3) is 0 Å². The number of halogens is 4. The van der Waals surface area contributed by atoms with Crippen LogP contribution in [0.2, 0.25) is 5.02 Å². The molecule has 3 nitrogen and oxygen atoms in total. The Morgan fingerprint density at radius 2 is 1.70 bits per heavy atom. The second-order valence-electron chi connectivity index (χ2n) is 4.92. The van der Waals surface area contributed by atoms with Crippen molar-refractivity contribution >= 4 is 11.6 Å². The predicted molar refractivity (Wildman–Crippen MR) is 70.9 cm³/mol. The van der Waals surface area contributed by atoms with Crippen molar-refractivity contribution in [3.8, 4) is 5.75 Å². The van der Waals surface area contributed by atoms with Crippen molar-refractivity contribution in [3.63, 3.8) is 0 Å². The maximum absolute atomic E-state index is 12.3. The van der Waals surface area contributed by atoms with E-state index in [1.807, 2.05) is 11.0 Å². The molecule has 1 fully saturated rings. The zero-order chi connectivity index (χ0) is 14.8. The summed E-state index contributed by atoms with van der Waals surface area (Å²) in [5.74, 6) is 0.0277. The van der Waals surface area contributed by atoms with Crippen molar-refractivity contribution < 1.29 is 18.3 Å². The van der Waals surface area contributed by atoms with Crippen LogP contribution >= 0.6 is 11.6 Å². The zero-order valence-electron chi connectivity index (χ0n) is 10.8. The second-order valence-corrected chi connectivity index (χ2v) is 5.30. The molecule has 20 heavy (non-hydrogen) atoms. The number of nitrogens with zero attached hydrogens (tertiary/aromatic N) is 2. The minimum Gasteiger partial charge on any atom is -0.506 e. The number of benzene rings is 1. The highest BCUT2D eigenvalue weighted by atomic mass is 35.5. The molecule has 2 rings (SSSR count). The molecule has 7 heteroatoms. The Balaban J connectivity index is 1.87. The molecule has 1 heterocycles.